The van der Waals surface area contributed by atoms with Crippen molar-refractivity contribution >= 4 is 39.5 Å². The summed E-state index contributed by atoms with van der Waals surface area (Å²) in [5.41, 5.74) is 2.25. The van der Waals surface area contributed by atoms with E-state index in [1.54, 1.807) is 23.6 Å². The summed E-state index contributed by atoms with van der Waals surface area (Å²) in [6, 6.07) is 17.6. The lowest BCUT2D eigenvalue weighted by atomic mass is 10.1. The van der Waals surface area contributed by atoms with Crippen LogP contribution in [0.2, 0.25) is 0 Å². The van der Waals surface area contributed by atoms with E-state index in [0.717, 1.165) is 28.0 Å². The Morgan fingerprint density at radius 3 is 2.52 bits per heavy atom. The molecule has 156 valence electrons. The topological polar surface area (TPSA) is 49.4 Å². The highest BCUT2D eigenvalue weighted by molar-refractivity contribution is 9.10. The summed E-state index contributed by atoms with van der Waals surface area (Å²) >= 11 is 5.22. The summed E-state index contributed by atoms with van der Waals surface area (Å²) in [5.74, 6) is 1.51. The summed E-state index contributed by atoms with van der Waals surface area (Å²) in [7, 11) is 0. The Hall–Kier alpha value is -1.79. The number of hydrogen-bond acceptors (Lipinski definition) is 3. The van der Waals surface area contributed by atoms with Crippen LogP contribution in [0.25, 0.3) is 0 Å². The predicted molar refractivity (Wildman–Crippen MR) is 125 cm³/mol. The molecule has 4 nitrogen and oxygen atoms in total. The largest absolute Gasteiger partial charge is 0.354 e. The SMILES string of the molecule is CCCNC(=O)C(C)N(Cc1cccc(Br)c1)C(=O)CCSCc1ccccc1. The van der Waals surface area contributed by atoms with Crippen molar-refractivity contribution in [2.24, 2.45) is 0 Å². The molecule has 0 aliphatic heterocycles. The van der Waals surface area contributed by atoms with Gasteiger partial charge in [0.25, 0.3) is 0 Å². The number of amides is 2. The molecule has 2 rings (SSSR count). The van der Waals surface area contributed by atoms with Crippen LogP contribution >= 0.6 is 27.7 Å². The fourth-order valence-electron chi connectivity index (χ4n) is 2.88. The molecule has 2 aromatic rings. The molecule has 0 saturated heterocycles. The highest BCUT2D eigenvalue weighted by atomic mass is 79.9. The normalized spacial score (nSPS) is 11.7. The third-order valence-electron chi connectivity index (χ3n) is 4.53. The summed E-state index contributed by atoms with van der Waals surface area (Å²) in [4.78, 5) is 27.2. The molecular formula is C23H29BrN2O2S. The molecule has 6 heteroatoms. The van der Waals surface area contributed by atoms with Crippen LogP contribution in [-0.4, -0.2) is 35.1 Å². The molecule has 0 aliphatic carbocycles. The van der Waals surface area contributed by atoms with Crippen molar-refractivity contribution in [1.82, 2.24) is 10.2 Å². The fraction of sp³-hybridized carbons (Fsp3) is 0.391. The summed E-state index contributed by atoms with van der Waals surface area (Å²) in [6.45, 7) is 4.86. The minimum Gasteiger partial charge on any atom is -0.354 e. The van der Waals surface area contributed by atoms with Crippen LogP contribution in [0.4, 0.5) is 0 Å². The van der Waals surface area contributed by atoms with Gasteiger partial charge in [0.15, 0.2) is 0 Å². The Kier molecular flexibility index (Phi) is 10.3. The highest BCUT2D eigenvalue weighted by Crippen LogP contribution is 2.18. The lowest BCUT2D eigenvalue weighted by Crippen LogP contribution is -2.47. The first kappa shape index (κ1) is 23.5. The zero-order chi connectivity index (χ0) is 21.1. The molecule has 0 aliphatic rings. The van der Waals surface area contributed by atoms with E-state index in [1.807, 2.05) is 49.4 Å². The van der Waals surface area contributed by atoms with Gasteiger partial charge in [-0.3, -0.25) is 9.59 Å². The maximum absolute atomic E-state index is 13.0. The number of rotatable bonds is 11. The number of nitrogens with one attached hydrogen (secondary N) is 1. The van der Waals surface area contributed by atoms with Crippen LogP contribution in [0.5, 0.6) is 0 Å². The second-order valence-electron chi connectivity index (χ2n) is 6.91. The number of benzene rings is 2. The van der Waals surface area contributed by atoms with Crippen molar-refractivity contribution < 1.29 is 9.59 Å². The van der Waals surface area contributed by atoms with E-state index in [-0.39, 0.29) is 11.8 Å². The van der Waals surface area contributed by atoms with Crippen LogP contribution in [0, 0.1) is 0 Å². The van der Waals surface area contributed by atoms with Gasteiger partial charge >= 0.3 is 0 Å². The Labute approximate surface area is 186 Å². The molecule has 0 heterocycles. The second-order valence-corrected chi connectivity index (χ2v) is 8.93. The molecule has 0 fully saturated rings. The van der Waals surface area contributed by atoms with Crippen molar-refractivity contribution in [2.45, 2.75) is 45.0 Å². The predicted octanol–water partition coefficient (Wildman–Crippen LogP) is 5.02. The lowest BCUT2D eigenvalue weighted by Gasteiger charge is -2.29. The Morgan fingerprint density at radius 1 is 1.10 bits per heavy atom. The molecule has 1 N–H and O–H groups in total. The first-order chi connectivity index (χ1) is 14.0. The van der Waals surface area contributed by atoms with Gasteiger partial charge in [-0.05, 0) is 36.6 Å². The van der Waals surface area contributed by atoms with Crippen LogP contribution in [0.3, 0.4) is 0 Å². The molecule has 0 radical (unpaired) electrons. The lowest BCUT2D eigenvalue weighted by molar-refractivity contribution is -0.140. The van der Waals surface area contributed by atoms with Gasteiger partial charge in [-0.2, -0.15) is 11.8 Å². The van der Waals surface area contributed by atoms with Gasteiger partial charge in [-0.25, -0.2) is 0 Å². The van der Waals surface area contributed by atoms with Crippen LogP contribution in [-0.2, 0) is 21.9 Å². The maximum atomic E-state index is 13.0. The molecule has 0 bridgehead atoms. The van der Waals surface area contributed by atoms with Gasteiger partial charge in [-0.1, -0.05) is 65.3 Å². The Bertz CT molecular complexity index is 785. The monoisotopic (exact) mass is 476 g/mol. The van der Waals surface area contributed by atoms with Crippen molar-refractivity contribution in [3.05, 3.63) is 70.2 Å². The molecule has 2 aromatic carbocycles. The molecular weight excluding hydrogens is 448 g/mol. The molecule has 29 heavy (non-hydrogen) atoms. The number of nitrogens with zero attached hydrogens (tertiary/aromatic N) is 1. The van der Waals surface area contributed by atoms with Crippen LogP contribution in [0.1, 0.15) is 37.8 Å². The molecule has 2 amide bonds. The third-order valence-corrected chi connectivity index (χ3v) is 6.05. The molecule has 1 atom stereocenters. The van der Waals surface area contributed by atoms with E-state index in [0.29, 0.717) is 19.5 Å². The number of carbonyl (C=O) groups is 2. The van der Waals surface area contributed by atoms with Gasteiger partial charge in [0, 0.05) is 35.5 Å². The minimum absolute atomic E-state index is 0.00434. The van der Waals surface area contributed by atoms with E-state index in [4.69, 9.17) is 0 Å². The van der Waals surface area contributed by atoms with Crippen molar-refractivity contribution in [2.75, 3.05) is 12.3 Å². The third kappa shape index (κ3) is 8.23. The second kappa shape index (κ2) is 12.7. The number of hydrogen-bond donors (Lipinski definition) is 1. The van der Waals surface area contributed by atoms with Crippen molar-refractivity contribution in [3.8, 4) is 0 Å². The van der Waals surface area contributed by atoms with E-state index >= 15 is 0 Å². The van der Waals surface area contributed by atoms with E-state index in [9.17, 15) is 9.59 Å². The van der Waals surface area contributed by atoms with Crippen LogP contribution in [0.15, 0.2) is 59.1 Å². The molecule has 0 spiro atoms. The number of carbonyl (C=O) groups excluding carboxylic acids is 2. The maximum Gasteiger partial charge on any atom is 0.242 e. The average Bonchev–Trinajstić information content (AvgIpc) is 2.73. The average molecular weight is 477 g/mol. The Balaban J connectivity index is 1.98. The first-order valence-electron chi connectivity index (χ1n) is 9.94. The zero-order valence-corrected chi connectivity index (χ0v) is 19.5. The van der Waals surface area contributed by atoms with E-state index in [2.05, 4.69) is 33.4 Å². The minimum atomic E-state index is -0.507. The summed E-state index contributed by atoms with van der Waals surface area (Å²) in [5, 5.41) is 2.91. The quantitative estimate of drug-likeness (QED) is 0.463. The number of thioether (sulfide) groups is 1. The Morgan fingerprint density at radius 2 is 1.83 bits per heavy atom. The van der Waals surface area contributed by atoms with Crippen LogP contribution < -0.4 is 5.32 Å². The van der Waals surface area contributed by atoms with Gasteiger partial charge in [-0.15, -0.1) is 0 Å². The highest BCUT2D eigenvalue weighted by Gasteiger charge is 2.25. The van der Waals surface area contributed by atoms with Gasteiger partial charge in [0.2, 0.25) is 11.8 Å². The van der Waals surface area contributed by atoms with Gasteiger partial charge in [0.05, 0.1) is 0 Å². The van der Waals surface area contributed by atoms with Crippen molar-refractivity contribution in [1.29, 1.82) is 0 Å². The first-order valence-corrected chi connectivity index (χ1v) is 11.9. The molecule has 1 unspecified atom stereocenters. The zero-order valence-electron chi connectivity index (χ0n) is 17.1. The standard InChI is InChI=1S/C23H29BrN2O2S/c1-3-13-25-23(28)18(2)26(16-20-10-7-11-21(24)15-20)22(27)12-14-29-17-19-8-5-4-6-9-19/h4-11,15,18H,3,12-14,16-17H2,1-2H3,(H,25,28). The van der Waals surface area contributed by atoms with Crippen molar-refractivity contribution in [3.63, 3.8) is 0 Å². The van der Waals surface area contributed by atoms with Gasteiger partial charge < -0.3 is 10.2 Å². The van der Waals surface area contributed by atoms with E-state index < -0.39 is 6.04 Å². The summed E-state index contributed by atoms with van der Waals surface area (Å²) in [6.07, 6.45) is 1.28. The number of halogens is 1. The summed E-state index contributed by atoms with van der Waals surface area (Å²) < 4.78 is 0.962. The van der Waals surface area contributed by atoms with E-state index in [1.165, 1.54) is 5.56 Å². The fourth-order valence-corrected chi connectivity index (χ4v) is 4.22. The smallest absolute Gasteiger partial charge is 0.242 e. The van der Waals surface area contributed by atoms with Gasteiger partial charge in [0.1, 0.15) is 6.04 Å². The molecule has 0 saturated carbocycles. The molecule has 0 aromatic heterocycles.